The van der Waals surface area contributed by atoms with Crippen LogP contribution < -0.4 is 0 Å². The van der Waals surface area contributed by atoms with Crippen LogP contribution in [0.25, 0.3) is 0 Å². The predicted octanol–water partition coefficient (Wildman–Crippen LogP) is 3.24. The maximum Gasteiger partial charge on any atom is 0.118 e. The van der Waals surface area contributed by atoms with E-state index in [1.165, 1.54) is 0 Å². The van der Waals surface area contributed by atoms with Gasteiger partial charge < -0.3 is 9.47 Å². The van der Waals surface area contributed by atoms with Gasteiger partial charge in [0.05, 0.1) is 6.61 Å². The quantitative estimate of drug-likeness (QED) is 0.380. The van der Waals surface area contributed by atoms with Crippen LogP contribution in [0, 0.1) is 0 Å². The van der Waals surface area contributed by atoms with Crippen molar-refractivity contribution in [3.05, 3.63) is 49.3 Å². The molecule has 0 aromatic rings. The van der Waals surface area contributed by atoms with Crippen LogP contribution in [0.2, 0.25) is 0 Å². The molecule has 0 saturated carbocycles. The van der Waals surface area contributed by atoms with Crippen molar-refractivity contribution in [1.29, 1.82) is 0 Å². The van der Waals surface area contributed by atoms with Crippen molar-refractivity contribution < 1.29 is 9.47 Å². The summed E-state index contributed by atoms with van der Waals surface area (Å²) in [6.07, 6.45) is 9.21. The van der Waals surface area contributed by atoms with Gasteiger partial charge in [-0.05, 0) is 12.2 Å². The van der Waals surface area contributed by atoms with Crippen molar-refractivity contribution in [1.82, 2.24) is 0 Å². The number of allylic oxidation sites excluding steroid dienone is 5. The van der Waals surface area contributed by atoms with Crippen LogP contribution in [0.15, 0.2) is 49.3 Å². The van der Waals surface area contributed by atoms with Crippen molar-refractivity contribution in [2.24, 2.45) is 0 Å². The van der Waals surface area contributed by atoms with E-state index in [0.29, 0.717) is 6.61 Å². The van der Waals surface area contributed by atoms with Gasteiger partial charge in [-0.3, -0.25) is 0 Å². The summed E-state index contributed by atoms with van der Waals surface area (Å²) < 4.78 is 10.4. The Morgan fingerprint density at radius 3 is 2.53 bits per heavy atom. The van der Waals surface area contributed by atoms with Crippen LogP contribution in [-0.2, 0) is 9.47 Å². The van der Waals surface area contributed by atoms with Crippen LogP contribution in [0.4, 0.5) is 0 Å². The summed E-state index contributed by atoms with van der Waals surface area (Å²) in [5.41, 5.74) is 0. The molecule has 0 radical (unpaired) electrons. The van der Waals surface area contributed by atoms with Crippen molar-refractivity contribution >= 4 is 0 Å². The molecule has 1 fully saturated rings. The Hall–Kier alpha value is -1.28. The Kier molecular flexibility index (Phi) is 8.49. The lowest BCUT2D eigenvalue weighted by Gasteiger charge is -2.02. The fourth-order valence-corrected chi connectivity index (χ4v) is 0.757. The fraction of sp³-hybridized carbons (Fsp3) is 0.385. The average Bonchev–Trinajstić information content (AvgIpc) is 3.10. The molecule has 0 spiro atoms. The van der Waals surface area contributed by atoms with E-state index < -0.39 is 0 Å². The minimum atomic E-state index is 0.284. The van der Waals surface area contributed by atoms with Gasteiger partial charge in [0, 0.05) is 0 Å². The largest absolute Gasteiger partial charge is 0.491 e. The third-order valence-electron chi connectivity index (χ3n) is 1.55. The van der Waals surface area contributed by atoms with Crippen LogP contribution in [0.1, 0.15) is 13.8 Å². The van der Waals surface area contributed by atoms with Crippen molar-refractivity contribution in [3.63, 3.8) is 0 Å². The number of hydrogen-bond donors (Lipinski definition) is 0. The molecule has 0 aliphatic carbocycles. The fourth-order valence-electron chi connectivity index (χ4n) is 0.757. The molecule has 1 unspecified atom stereocenters. The lowest BCUT2D eigenvalue weighted by molar-refractivity contribution is 0.193. The van der Waals surface area contributed by atoms with Gasteiger partial charge in [-0.15, -0.1) is 0 Å². The molecule has 0 N–H and O–H groups in total. The first-order chi connectivity index (χ1) is 7.36. The molecule has 1 aliphatic rings. The van der Waals surface area contributed by atoms with E-state index in [4.69, 9.17) is 9.47 Å². The van der Waals surface area contributed by atoms with E-state index >= 15 is 0 Å². The third-order valence-corrected chi connectivity index (χ3v) is 1.55. The van der Waals surface area contributed by atoms with Crippen LogP contribution in [0.3, 0.4) is 0 Å². The topological polar surface area (TPSA) is 21.8 Å². The van der Waals surface area contributed by atoms with Crippen LogP contribution in [-0.4, -0.2) is 19.3 Å². The zero-order chi connectivity index (χ0) is 11.5. The third kappa shape index (κ3) is 7.77. The second kappa shape index (κ2) is 9.28. The molecule has 1 heterocycles. The van der Waals surface area contributed by atoms with Gasteiger partial charge in [0.2, 0.25) is 0 Å². The van der Waals surface area contributed by atoms with Gasteiger partial charge in [0.1, 0.15) is 18.5 Å². The highest BCUT2D eigenvalue weighted by molar-refractivity contribution is 5.18. The SMILES string of the molecule is C=C/C=C\C=C(/C=C)OCC1CO1.CC. The Bertz CT molecular complexity index is 235. The lowest BCUT2D eigenvalue weighted by atomic mass is 10.4. The summed E-state index contributed by atoms with van der Waals surface area (Å²) in [5.74, 6) is 0.758. The van der Waals surface area contributed by atoms with E-state index in [0.717, 1.165) is 12.4 Å². The minimum Gasteiger partial charge on any atom is -0.491 e. The molecule has 84 valence electrons. The Labute approximate surface area is 92.6 Å². The molecular formula is C13H20O2. The normalized spacial score (nSPS) is 19.1. The maximum atomic E-state index is 5.39. The molecule has 1 rings (SSSR count). The second-order valence-electron chi connectivity index (χ2n) is 2.66. The molecule has 0 aromatic heterocycles. The van der Waals surface area contributed by atoms with Gasteiger partial charge in [0.25, 0.3) is 0 Å². The Balaban J connectivity index is 0.000000921. The lowest BCUT2D eigenvalue weighted by Crippen LogP contribution is -1.99. The smallest absolute Gasteiger partial charge is 0.118 e. The molecule has 1 saturated heterocycles. The molecule has 0 amide bonds. The Morgan fingerprint density at radius 1 is 1.40 bits per heavy atom. The molecule has 1 aliphatic heterocycles. The summed E-state index contributed by atoms with van der Waals surface area (Å²) >= 11 is 0. The summed E-state index contributed by atoms with van der Waals surface area (Å²) in [4.78, 5) is 0. The highest BCUT2D eigenvalue weighted by Crippen LogP contribution is 2.11. The molecule has 0 bridgehead atoms. The van der Waals surface area contributed by atoms with E-state index in [1.54, 1.807) is 12.2 Å². The molecule has 1 atom stereocenters. The minimum absolute atomic E-state index is 0.284. The van der Waals surface area contributed by atoms with Crippen LogP contribution >= 0.6 is 0 Å². The highest BCUT2D eigenvalue weighted by atomic mass is 16.6. The molecular weight excluding hydrogens is 188 g/mol. The van der Waals surface area contributed by atoms with Crippen molar-refractivity contribution in [2.45, 2.75) is 20.0 Å². The molecule has 2 heteroatoms. The first kappa shape index (κ1) is 13.7. The number of rotatable bonds is 6. The molecule has 15 heavy (non-hydrogen) atoms. The number of hydrogen-bond acceptors (Lipinski definition) is 2. The summed E-state index contributed by atoms with van der Waals surface area (Å²) in [5, 5.41) is 0. The predicted molar refractivity (Wildman–Crippen MR) is 64.7 cm³/mol. The monoisotopic (exact) mass is 208 g/mol. The van der Waals surface area contributed by atoms with Gasteiger partial charge in [-0.25, -0.2) is 0 Å². The number of ether oxygens (including phenoxy) is 2. The summed E-state index contributed by atoms with van der Waals surface area (Å²) in [6.45, 7) is 12.6. The summed E-state index contributed by atoms with van der Waals surface area (Å²) in [7, 11) is 0. The van der Waals surface area contributed by atoms with E-state index in [2.05, 4.69) is 13.2 Å². The van der Waals surface area contributed by atoms with E-state index in [-0.39, 0.29) is 6.10 Å². The average molecular weight is 208 g/mol. The molecule has 0 aromatic carbocycles. The summed E-state index contributed by atoms with van der Waals surface area (Å²) in [6, 6.07) is 0. The number of epoxide rings is 1. The highest BCUT2D eigenvalue weighted by Gasteiger charge is 2.22. The van der Waals surface area contributed by atoms with Crippen molar-refractivity contribution in [3.8, 4) is 0 Å². The standard InChI is InChI=1S/C11H14O2.C2H6/c1-3-5-6-7-10(4-2)12-8-11-9-13-11;1-2/h3-7,11H,1-2,8-9H2;1-2H3/b6-5-,10-7+;. The Morgan fingerprint density at radius 2 is 2.07 bits per heavy atom. The van der Waals surface area contributed by atoms with Crippen molar-refractivity contribution in [2.75, 3.05) is 13.2 Å². The zero-order valence-electron chi connectivity index (χ0n) is 9.61. The van der Waals surface area contributed by atoms with Gasteiger partial charge in [-0.2, -0.15) is 0 Å². The van der Waals surface area contributed by atoms with E-state index in [9.17, 15) is 0 Å². The first-order valence-corrected chi connectivity index (χ1v) is 5.23. The van der Waals surface area contributed by atoms with Gasteiger partial charge in [0.15, 0.2) is 0 Å². The first-order valence-electron chi connectivity index (χ1n) is 5.23. The second-order valence-corrected chi connectivity index (χ2v) is 2.66. The van der Waals surface area contributed by atoms with Gasteiger partial charge >= 0.3 is 0 Å². The molecule has 2 nitrogen and oxygen atoms in total. The van der Waals surface area contributed by atoms with Gasteiger partial charge in [-0.1, -0.05) is 45.2 Å². The zero-order valence-corrected chi connectivity index (χ0v) is 9.61. The van der Waals surface area contributed by atoms with E-state index in [1.807, 2.05) is 32.1 Å². The van der Waals surface area contributed by atoms with Crippen LogP contribution in [0.5, 0.6) is 0 Å². The maximum absolute atomic E-state index is 5.39.